The number of rotatable bonds is 0. The lowest BCUT2D eigenvalue weighted by atomic mass is 10.3. The Morgan fingerprint density at radius 1 is 1.38 bits per heavy atom. The monoisotopic (exact) mass is 191 g/mol. The van der Waals surface area contributed by atoms with Crippen LogP contribution in [0.4, 0.5) is 5.13 Å². The molecule has 0 bridgehead atoms. The van der Waals surface area contributed by atoms with Crippen molar-refractivity contribution in [1.82, 2.24) is 9.97 Å². The molecule has 13 heavy (non-hydrogen) atoms. The average Bonchev–Trinajstić information content (AvgIpc) is 2.65. The van der Waals surface area contributed by atoms with Gasteiger partial charge in [-0.3, -0.25) is 0 Å². The minimum absolute atomic E-state index is 0.555. The summed E-state index contributed by atoms with van der Waals surface area (Å²) in [6, 6.07) is 3.85. The summed E-state index contributed by atoms with van der Waals surface area (Å²) >= 11 is 1.45. The van der Waals surface area contributed by atoms with Crippen molar-refractivity contribution in [3.8, 4) is 0 Å². The number of benzene rings is 1. The van der Waals surface area contributed by atoms with Gasteiger partial charge in [0, 0.05) is 0 Å². The summed E-state index contributed by atoms with van der Waals surface area (Å²) in [5.41, 5.74) is 7.93. The Hall–Kier alpha value is -1.62. The normalized spacial score (nSPS) is 11.4. The minimum atomic E-state index is 0.555. The molecule has 4 nitrogen and oxygen atoms in total. The molecule has 0 saturated heterocycles. The highest BCUT2D eigenvalue weighted by atomic mass is 32.1. The van der Waals surface area contributed by atoms with E-state index in [4.69, 9.17) is 10.2 Å². The number of nitrogens with zero attached hydrogens (tertiary/aromatic N) is 2. The van der Waals surface area contributed by atoms with E-state index in [9.17, 15) is 0 Å². The molecule has 0 aliphatic carbocycles. The van der Waals surface area contributed by atoms with Crippen molar-refractivity contribution in [2.45, 2.75) is 0 Å². The smallest absolute Gasteiger partial charge is 0.182 e. The van der Waals surface area contributed by atoms with Crippen LogP contribution < -0.4 is 5.73 Å². The Kier molecular flexibility index (Phi) is 1.16. The molecule has 0 amide bonds. The second kappa shape index (κ2) is 2.20. The molecule has 0 saturated carbocycles. The van der Waals surface area contributed by atoms with Crippen LogP contribution in [0, 0.1) is 0 Å². The molecular weight excluding hydrogens is 186 g/mol. The number of nitrogens with two attached hydrogens (primary N) is 1. The Morgan fingerprint density at radius 2 is 2.31 bits per heavy atom. The summed E-state index contributed by atoms with van der Waals surface area (Å²) < 4.78 is 6.25. The standard InChI is InChI=1S/C8H5N3OS/c9-8-11-6-5(13-8)2-1-4-7(6)12-3-10-4/h1-3H,(H2,9,11). The number of anilines is 1. The first kappa shape index (κ1) is 6.85. The van der Waals surface area contributed by atoms with E-state index in [1.807, 2.05) is 12.1 Å². The van der Waals surface area contributed by atoms with Gasteiger partial charge in [0.25, 0.3) is 0 Å². The molecule has 0 atom stereocenters. The van der Waals surface area contributed by atoms with E-state index in [1.54, 1.807) is 0 Å². The first-order valence-corrected chi connectivity index (χ1v) is 4.54. The number of hydrogen-bond donors (Lipinski definition) is 1. The van der Waals surface area contributed by atoms with E-state index in [2.05, 4.69) is 9.97 Å². The number of nitrogen functional groups attached to an aromatic ring is 1. The van der Waals surface area contributed by atoms with Crippen molar-refractivity contribution in [2.24, 2.45) is 0 Å². The molecule has 0 fully saturated rings. The van der Waals surface area contributed by atoms with Gasteiger partial charge >= 0.3 is 0 Å². The lowest BCUT2D eigenvalue weighted by Crippen LogP contribution is -1.79. The lowest BCUT2D eigenvalue weighted by molar-refractivity contribution is 0.604. The van der Waals surface area contributed by atoms with E-state index < -0.39 is 0 Å². The third kappa shape index (κ3) is 0.844. The van der Waals surface area contributed by atoms with Crippen molar-refractivity contribution in [1.29, 1.82) is 0 Å². The number of hydrogen-bond acceptors (Lipinski definition) is 5. The second-order valence-electron chi connectivity index (χ2n) is 2.67. The fourth-order valence-electron chi connectivity index (χ4n) is 1.33. The molecule has 0 aliphatic heterocycles. The fourth-order valence-corrected chi connectivity index (χ4v) is 2.06. The van der Waals surface area contributed by atoms with Crippen LogP contribution in [0.3, 0.4) is 0 Å². The van der Waals surface area contributed by atoms with Gasteiger partial charge in [0.2, 0.25) is 0 Å². The largest absolute Gasteiger partial charge is 0.441 e. The molecule has 64 valence electrons. The van der Waals surface area contributed by atoms with Gasteiger partial charge in [0.1, 0.15) is 11.0 Å². The Morgan fingerprint density at radius 3 is 3.23 bits per heavy atom. The van der Waals surface area contributed by atoms with Crippen LogP contribution in [0.2, 0.25) is 0 Å². The van der Waals surface area contributed by atoms with Gasteiger partial charge in [-0.1, -0.05) is 11.3 Å². The van der Waals surface area contributed by atoms with E-state index in [0.29, 0.717) is 10.7 Å². The van der Waals surface area contributed by atoms with Crippen LogP contribution in [0.5, 0.6) is 0 Å². The zero-order valence-corrected chi connectivity index (χ0v) is 7.34. The van der Waals surface area contributed by atoms with E-state index in [1.165, 1.54) is 17.7 Å². The zero-order chi connectivity index (χ0) is 8.84. The topological polar surface area (TPSA) is 64.9 Å². The van der Waals surface area contributed by atoms with Crippen molar-refractivity contribution < 1.29 is 4.42 Å². The molecule has 0 aliphatic rings. The molecule has 2 aromatic heterocycles. The van der Waals surface area contributed by atoms with Gasteiger partial charge in [-0.15, -0.1) is 0 Å². The van der Waals surface area contributed by atoms with Crippen LogP contribution in [0.25, 0.3) is 21.3 Å². The highest BCUT2D eigenvalue weighted by Crippen LogP contribution is 2.29. The zero-order valence-electron chi connectivity index (χ0n) is 6.52. The maximum Gasteiger partial charge on any atom is 0.182 e. The molecule has 2 heterocycles. The van der Waals surface area contributed by atoms with Gasteiger partial charge < -0.3 is 10.2 Å². The molecule has 2 N–H and O–H groups in total. The minimum Gasteiger partial charge on any atom is -0.441 e. The summed E-state index contributed by atoms with van der Waals surface area (Å²) in [7, 11) is 0. The Balaban J connectivity index is 2.64. The first-order valence-electron chi connectivity index (χ1n) is 3.73. The fraction of sp³-hybridized carbons (Fsp3) is 0. The molecule has 0 spiro atoms. The number of aromatic nitrogens is 2. The summed E-state index contributed by atoms with van der Waals surface area (Å²) in [6.07, 6.45) is 1.42. The summed E-state index contributed by atoms with van der Waals surface area (Å²) in [6.45, 7) is 0. The van der Waals surface area contributed by atoms with E-state index >= 15 is 0 Å². The predicted molar refractivity (Wildman–Crippen MR) is 51.6 cm³/mol. The van der Waals surface area contributed by atoms with Crippen molar-refractivity contribution in [3.63, 3.8) is 0 Å². The molecule has 5 heteroatoms. The van der Waals surface area contributed by atoms with Gasteiger partial charge in [-0.05, 0) is 12.1 Å². The van der Waals surface area contributed by atoms with Crippen molar-refractivity contribution >= 4 is 37.8 Å². The average molecular weight is 191 g/mol. The van der Waals surface area contributed by atoms with Gasteiger partial charge in [0.15, 0.2) is 17.1 Å². The van der Waals surface area contributed by atoms with Crippen LogP contribution in [-0.4, -0.2) is 9.97 Å². The molecule has 3 rings (SSSR count). The number of thiazole rings is 1. The third-order valence-electron chi connectivity index (χ3n) is 1.87. The number of oxazole rings is 1. The van der Waals surface area contributed by atoms with Crippen LogP contribution in [-0.2, 0) is 0 Å². The molecule has 1 aromatic carbocycles. The third-order valence-corrected chi connectivity index (χ3v) is 2.72. The van der Waals surface area contributed by atoms with Crippen LogP contribution in [0.1, 0.15) is 0 Å². The maximum absolute atomic E-state index is 5.60. The highest BCUT2D eigenvalue weighted by Gasteiger charge is 2.08. The molecule has 0 radical (unpaired) electrons. The predicted octanol–water partition coefficient (Wildman–Crippen LogP) is 2.02. The SMILES string of the molecule is Nc1nc2c(ccc3ncoc32)s1. The Bertz CT molecular complexity index is 583. The van der Waals surface area contributed by atoms with Crippen LogP contribution in [0.15, 0.2) is 22.9 Å². The molecule has 3 aromatic rings. The summed E-state index contributed by atoms with van der Waals surface area (Å²) in [5.74, 6) is 0. The van der Waals surface area contributed by atoms with E-state index in [0.717, 1.165) is 15.7 Å². The van der Waals surface area contributed by atoms with Crippen molar-refractivity contribution in [2.75, 3.05) is 5.73 Å². The first-order chi connectivity index (χ1) is 6.34. The molecule has 0 unspecified atom stereocenters. The summed E-state index contributed by atoms with van der Waals surface area (Å²) in [5, 5.41) is 0.555. The van der Waals surface area contributed by atoms with Crippen LogP contribution >= 0.6 is 11.3 Å². The van der Waals surface area contributed by atoms with Gasteiger partial charge in [-0.25, -0.2) is 9.97 Å². The quantitative estimate of drug-likeness (QED) is 0.590. The molecular formula is C8H5N3OS. The van der Waals surface area contributed by atoms with Gasteiger partial charge in [-0.2, -0.15) is 0 Å². The second-order valence-corrected chi connectivity index (χ2v) is 3.73. The van der Waals surface area contributed by atoms with E-state index in [-0.39, 0.29) is 0 Å². The highest BCUT2D eigenvalue weighted by molar-refractivity contribution is 7.22. The van der Waals surface area contributed by atoms with Crippen molar-refractivity contribution in [3.05, 3.63) is 18.5 Å². The summed E-state index contributed by atoms with van der Waals surface area (Å²) in [4.78, 5) is 8.21. The van der Waals surface area contributed by atoms with Gasteiger partial charge in [0.05, 0.1) is 4.70 Å². The lowest BCUT2D eigenvalue weighted by Gasteiger charge is -1.86. The number of fused-ring (bicyclic) bond motifs is 3. The maximum atomic E-state index is 5.60. The Labute approximate surface area is 77.0 Å².